The Labute approximate surface area is 127 Å². The fourth-order valence-corrected chi connectivity index (χ4v) is 4.63. The van der Waals surface area contributed by atoms with E-state index < -0.39 is 0 Å². The van der Waals surface area contributed by atoms with Crippen LogP contribution in [0.1, 0.15) is 57.8 Å². The fourth-order valence-electron chi connectivity index (χ4n) is 3.98. The minimum atomic E-state index is 0.0709. The van der Waals surface area contributed by atoms with E-state index in [4.69, 9.17) is 17.9 Å². The van der Waals surface area contributed by atoms with E-state index in [2.05, 4.69) is 5.32 Å². The van der Waals surface area contributed by atoms with E-state index in [9.17, 15) is 4.79 Å². The molecule has 0 aromatic rings. The van der Waals surface area contributed by atoms with Crippen molar-refractivity contribution in [2.75, 3.05) is 6.54 Å². The first-order valence-electron chi connectivity index (χ1n) is 8.06. The summed E-state index contributed by atoms with van der Waals surface area (Å²) in [7, 11) is 0. The zero-order chi connectivity index (χ0) is 14.4. The number of carbonyl (C=O) groups is 1. The Morgan fingerprint density at radius 3 is 2.50 bits per heavy atom. The summed E-state index contributed by atoms with van der Waals surface area (Å²) in [6, 6.07) is 1.99. The topological polar surface area (TPSA) is 52.9 Å². The Hall–Kier alpha value is -0.690. The molecule has 112 valence electrons. The summed E-state index contributed by atoms with van der Waals surface area (Å²) in [6.07, 6.45) is 11.0. The fraction of sp³-hybridized carbons (Fsp3) is 0.875. The van der Waals surface area contributed by atoms with Crippen LogP contribution in [0.4, 0.5) is 0 Å². The molecule has 3 nitrogen and oxygen atoms in total. The van der Waals surface area contributed by atoms with Crippen LogP contribution in [0.2, 0.25) is 0 Å². The van der Waals surface area contributed by atoms with Crippen molar-refractivity contribution >= 4 is 18.5 Å². The van der Waals surface area contributed by atoms with E-state index in [-0.39, 0.29) is 18.4 Å². The van der Waals surface area contributed by atoms with E-state index in [0.29, 0.717) is 17.1 Å². The Morgan fingerprint density at radius 1 is 1.15 bits per heavy atom. The van der Waals surface area contributed by atoms with Gasteiger partial charge in [0.25, 0.3) is 0 Å². The Balaban J connectivity index is 1.98. The highest BCUT2D eigenvalue weighted by Crippen LogP contribution is 2.41. The monoisotopic (exact) mass is 294 g/mol. The van der Waals surface area contributed by atoms with E-state index in [1.165, 1.54) is 38.5 Å². The number of amides is 1. The first kappa shape index (κ1) is 15.7. The van der Waals surface area contributed by atoms with Crippen LogP contribution in [-0.4, -0.2) is 17.7 Å². The molecule has 0 aromatic carbocycles. The molecule has 0 heterocycles. The average molecular weight is 294 g/mol. The third kappa shape index (κ3) is 3.91. The Kier molecular flexibility index (Phi) is 6.22. The first-order chi connectivity index (χ1) is 9.74. The third-order valence-electron chi connectivity index (χ3n) is 5.07. The number of thiol groups is 1. The Bertz CT molecular complexity index is 360. The van der Waals surface area contributed by atoms with Crippen molar-refractivity contribution < 1.29 is 4.79 Å². The minimum Gasteiger partial charge on any atom is -0.343 e. The molecule has 0 radical (unpaired) electrons. The molecule has 1 unspecified atom stereocenters. The first-order valence-corrected chi connectivity index (χ1v) is 8.58. The number of hydrogen-bond donors (Lipinski definition) is 2. The van der Waals surface area contributed by atoms with Crippen molar-refractivity contribution in [3.63, 3.8) is 0 Å². The van der Waals surface area contributed by atoms with Gasteiger partial charge in [-0.2, -0.15) is 17.9 Å². The molecule has 4 heteroatoms. The van der Waals surface area contributed by atoms with Gasteiger partial charge < -0.3 is 5.32 Å². The van der Waals surface area contributed by atoms with Crippen LogP contribution in [0.3, 0.4) is 0 Å². The van der Waals surface area contributed by atoms with E-state index in [1.807, 2.05) is 6.07 Å². The number of hydrogen-bond acceptors (Lipinski definition) is 3. The smallest absolute Gasteiger partial charge is 0.224 e. The van der Waals surface area contributed by atoms with Gasteiger partial charge in [0.05, 0.1) is 6.07 Å². The average Bonchev–Trinajstić information content (AvgIpc) is 2.52. The zero-order valence-electron chi connectivity index (χ0n) is 12.2. The molecule has 2 saturated carbocycles. The maximum atomic E-state index is 12.3. The standard InChI is InChI=1S/C16H26N2OS/c17-10-11-18-16(19)14-9-5-4-8-13(14)15(20)12-6-2-1-3-7-12/h12-15,20H,1-9,11H2,(H,18,19)/t13-,14-,15?/m0/s1. The van der Waals surface area contributed by atoms with E-state index >= 15 is 0 Å². The number of nitrogens with one attached hydrogen (secondary N) is 1. The molecular formula is C16H26N2OS. The van der Waals surface area contributed by atoms with Gasteiger partial charge >= 0.3 is 0 Å². The lowest BCUT2D eigenvalue weighted by molar-refractivity contribution is -0.127. The Morgan fingerprint density at radius 2 is 1.80 bits per heavy atom. The van der Waals surface area contributed by atoms with Crippen molar-refractivity contribution in [2.45, 2.75) is 63.0 Å². The summed E-state index contributed by atoms with van der Waals surface area (Å²) >= 11 is 4.92. The van der Waals surface area contributed by atoms with Crippen LogP contribution in [0.25, 0.3) is 0 Å². The molecule has 0 saturated heterocycles. The van der Waals surface area contributed by atoms with Gasteiger partial charge in [0.15, 0.2) is 0 Å². The second-order valence-electron chi connectivity index (χ2n) is 6.32. The van der Waals surface area contributed by atoms with Crippen LogP contribution in [-0.2, 0) is 4.79 Å². The molecule has 2 aliphatic carbocycles. The van der Waals surface area contributed by atoms with Crippen molar-refractivity contribution in [1.29, 1.82) is 5.26 Å². The second-order valence-corrected chi connectivity index (χ2v) is 6.92. The SMILES string of the molecule is N#CCNC(=O)[C@H]1CCCC[C@@H]1C(S)C1CCCCC1. The summed E-state index contributed by atoms with van der Waals surface area (Å²) < 4.78 is 0. The van der Waals surface area contributed by atoms with Crippen LogP contribution in [0.5, 0.6) is 0 Å². The lowest BCUT2D eigenvalue weighted by atomic mass is 9.71. The van der Waals surface area contributed by atoms with Gasteiger partial charge in [0.1, 0.15) is 6.54 Å². The molecule has 0 aromatic heterocycles. The highest BCUT2D eigenvalue weighted by molar-refractivity contribution is 7.81. The number of nitriles is 1. The zero-order valence-corrected chi connectivity index (χ0v) is 13.1. The molecule has 1 N–H and O–H groups in total. The van der Waals surface area contributed by atoms with E-state index in [0.717, 1.165) is 19.3 Å². The minimum absolute atomic E-state index is 0.0709. The number of rotatable bonds is 4. The van der Waals surface area contributed by atoms with Crippen LogP contribution in [0, 0.1) is 29.1 Å². The quantitative estimate of drug-likeness (QED) is 0.617. The maximum Gasteiger partial charge on any atom is 0.224 e. The van der Waals surface area contributed by atoms with Crippen molar-refractivity contribution in [3.8, 4) is 6.07 Å². The lowest BCUT2D eigenvalue weighted by Gasteiger charge is -2.39. The van der Waals surface area contributed by atoms with E-state index in [1.54, 1.807) is 0 Å². The summed E-state index contributed by atoms with van der Waals surface area (Å²) in [5, 5.41) is 11.7. The van der Waals surface area contributed by atoms with Crippen molar-refractivity contribution in [2.24, 2.45) is 17.8 Å². The molecule has 0 bridgehead atoms. The van der Waals surface area contributed by atoms with Gasteiger partial charge in [0.2, 0.25) is 5.91 Å². The normalized spacial score (nSPS) is 29.4. The molecule has 2 aliphatic rings. The predicted octanol–water partition coefficient (Wildman–Crippen LogP) is 3.31. The molecule has 0 aliphatic heterocycles. The highest BCUT2D eigenvalue weighted by atomic mass is 32.1. The van der Waals surface area contributed by atoms with Gasteiger partial charge in [-0.05, 0) is 37.5 Å². The van der Waals surface area contributed by atoms with Gasteiger partial charge in [-0.15, -0.1) is 0 Å². The summed E-state index contributed by atoms with van der Waals surface area (Å²) in [5.41, 5.74) is 0. The van der Waals surface area contributed by atoms with Gasteiger partial charge in [-0.3, -0.25) is 4.79 Å². The van der Waals surface area contributed by atoms with Crippen LogP contribution in [0.15, 0.2) is 0 Å². The molecule has 2 rings (SSSR count). The second kappa shape index (κ2) is 7.93. The molecular weight excluding hydrogens is 268 g/mol. The largest absolute Gasteiger partial charge is 0.343 e. The third-order valence-corrected chi connectivity index (χ3v) is 5.87. The lowest BCUT2D eigenvalue weighted by Crippen LogP contribution is -2.42. The van der Waals surface area contributed by atoms with Gasteiger partial charge in [-0.1, -0.05) is 32.1 Å². The molecule has 2 fully saturated rings. The number of nitrogens with zero attached hydrogens (tertiary/aromatic N) is 1. The van der Waals surface area contributed by atoms with Gasteiger partial charge in [0, 0.05) is 11.2 Å². The highest BCUT2D eigenvalue weighted by Gasteiger charge is 2.37. The van der Waals surface area contributed by atoms with Gasteiger partial charge in [-0.25, -0.2) is 0 Å². The molecule has 20 heavy (non-hydrogen) atoms. The predicted molar refractivity (Wildman–Crippen MR) is 83.4 cm³/mol. The number of carbonyl (C=O) groups excluding carboxylic acids is 1. The summed E-state index contributed by atoms with van der Waals surface area (Å²) in [4.78, 5) is 12.3. The summed E-state index contributed by atoms with van der Waals surface area (Å²) in [5.74, 6) is 1.22. The molecule has 3 atom stereocenters. The van der Waals surface area contributed by atoms with Crippen LogP contribution >= 0.6 is 12.6 Å². The molecule has 0 spiro atoms. The summed E-state index contributed by atoms with van der Waals surface area (Å²) in [6.45, 7) is 0.128. The van der Waals surface area contributed by atoms with Crippen molar-refractivity contribution in [3.05, 3.63) is 0 Å². The molecule has 1 amide bonds. The van der Waals surface area contributed by atoms with Crippen molar-refractivity contribution in [1.82, 2.24) is 5.32 Å². The maximum absolute atomic E-state index is 12.3. The van der Waals surface area contributed by atoms with Crippen LogP contribution < -0.4 is 5.32 Å².